The topological polar surface area (TPSA) is 68.9 Å². The van der Waals surface area contributed by atoms with E-state index in [0.717, 1.165) is 0 Å². The summed E-state index contributed by atoms with van der Waals surface area (Å²) in [6.07, 6.45) is 4.37. The second kappa shape index (κ2) is 6.97. The maximum atomic E-state index is 10.8. The zero-order valence-corrected chi connectivity index (χ0v) is 7.77. The van der Waals surface area contributed by atoms with Crippen LogP contribution >= 0.6 is 24.8 Å². The van der Waals surface area contributed by atoms with Crippen LogP contribution in [-0.4, -0.2) is 22.3 Å². The second-order valence-corrected chi connectivity index (χ2v) is 1.72. The first kappa shape index (κ1) is 13.9. The number of carbonyl (C=O) groups is 1. The molecule has 0 radical (unpaired) electrons. The van der Waals surface area contributed by atoms with Gasteiger partial charge in [-0.25, -0.2) is 4.98 Å². The first-order chi connectivity index (χ1) is 4.84. The third-order valence-electron chi connectivity index (χ3n) is 1.03. The fourth-order valence-electron chi connectivity index (χ4n) is 0.548. The zero-order chi connectivity index (χ0) is 7.40. The van der Waals surface area contributed by atoms with Crippen LogP contribution in [0.1, 0.15) is 10.5 Å². The molecule has 0 aliphatic rings. The van der Waals surface area contributed by atoms with Crippen molar-refractivity contribution in [2.45, 2.75) is 0 Å². The average molecular weight is 210 g/mol. The summed E-state index contributed by atoms with van der Waals surface area (Å²) in [5.74, 6) is -0.187. The van der Waals surface area contributed by atoms with Crippen LogP contribution in [-0.2, 0) is 0 Å². The summed E-state index contributed by atoms with van der Waals surface area (Å²) in [4.78, 5) is 18.3. The first-order valence-electron chi connectivity index (χ1n) is 2.84. The molecule has 1 heterocycles. The summed E-state index contributed by atoms with van der Waals surface area (Å²) in [7, 11) is 0. The normalized spacial score (nSPS) is 7.75. The molecule has 0 amide bonds. The lowest BCUT2D eigenvalue weighted by atomic mass is 10.3. The highest BCUT2D eigenvalue weighted by Crippen LogP contribution is 1.88. The Morgan fingerprint density at radius 1 is 1.42 bits per heavy atom. The molecule has 0 atom stereocenters. The summed E-state index contributed by atoms with van der Waals surface area (Å²) < 4.78 is 0. The summed E-state index contributed by atoms with van der Waals surface area (Å²) in [5, 5.41) is 0. The highest BCUT2D eigenvalue weighted by atomic mass is 35.5. The predicted molar refractivity (Wildman–Crippen MR) is 49.9 cm³/mol. The molecule has 1 aromatic heterocycles. The summed E-state index contributed by atoms with van der Waals surface area (Å²) in [6.45, 7) is -0.0152. The van der Waals surface area contributed by atoms with Gasteiger partial charge in [-0.1, -0.05) is 0 Å². The Morgan fingerprint density at radius 2 is 2.08 bits per heavy atom. The highest BCUT2D eigenvalue weighted by molar-refractivity contribution is 5.95. The maximum absolute atomic E-state index is 10.8. The molecular formula is C6H9Cl2N3O. The minimum absolute atomic E-state index is 0. The Labute approximate surface area is 82.4 Å². The number of ketones is 1. The van der Waals surface area contributed by atoms with E-state index in [-0.39, 0.29) is 37.1 Å². The molecular weight excluding hydrogens is 201 g/mol. The molecule has 6 heteroatoms. The van der Waals surface area contributed by atoms with Gasteiger partial charge in [-0.15, -0.1) is 24.8 Å². The molecule has 1 aromatic rings. The van der Waals surface area contributed by atoms with E-state index in [4.69, 9.17) is 5.73 Å². The molecule has 0 fully saturated rings. The number of nitrogens with zero attached hydrogens (tertiary/aromatic N) is 2. The van der Waals surface area contributed by atoms with Gasteiger partial charge in [-0.3, -0.25) is 9.78 Å². The van der Waals surface area contributed by atoms with Gasteiger partial charge in [0, 0.05) is 12.4 Å². The lowest BCUT2D eigenvalue weighted by Crippen LogP contribution is -2.14. The van der Waals surface area contributed by atoms with Crippen molar-refractivity contribution in [2.24, 2.45) is 5.73 Å². The van der Waals surface area contributed by atoms with Gasteiger partial charge >= 0.3 is 0 Å². The van der Waals surface area contributed by atoms with Crippen LogP contribution in [0.2, 0.25) is 0 Å². The van der Waals surface area contributed by atoms with E-state index in [0.29, 0.717) is 5.69 Å². The van der Waals surface area contributed by atoms with Crippen molar-refractivity contribution >= 4 is 30.6 Å². The van der Waals surface area contributed by atoms with Gasteiger partial charge < -0.3 is 5.73 Å². The largest absolute Gasteiger partial charge is 0.324 e. The van der Waals surface area contributed by atoms with Crippen molar-refractivity contribution in [2.75, 3.05) is 6.54 Å². The number of rotatable bonds is 2. The highest BCUT2D eigenvalue weighted by Gasteiger charge is 2.01. The molecule has 4 nitrogen and oxygen atoms in total. The van der Waals surface area contributed by atoms with E-state index >= 15 is 0 Å². The third kappa shape index (κ3) is 3.61. The van der Waals surface area contributed by atoms with Crippen molar-refractivity contribution in [1.29, 1.82) is 0 Å². The van der Waals surface area contributed by atoms with Crippen LogP contribution in [0.25, 0.3) is 0 Å². The SMILES string of the molecule is Cl.Cl.NCC(=O)c1cnccn1. The Morgan fingerprint density at radius 3 is 2.50 bits per heavy atom. The number of hydrogen-bond donors (Lipinski definition) is 1. The molecule has 0 unspecified atom stereocenters. The molecule has 0 spiro atoms. The predicted octanol–water partition coefficient (Wildman–Crippen LogP) is 0.462. The van der Waals surface area contributed by atoms with E-state index in [1.165, 1.54) is 18.6 Å². The van der Waals surface area contributed by atoms with E-state index in [1.54, 1.807) is 0 Å². The van der Waals surface area contributed by atoms with Gasteiger partial charge in [0.1, 0.15) is 5.69 Å². The van der Waals surface area contributed by atoms with Crippen LogP contribution in [0.3, 0.4) is 0 Å². The monoisotopic (exact) mass is 209 g/mol. The van der Waals surface area contributed by atoms with Gasteiger partial charge in [0.25, 0.3) is 0 Å². The fourth-order valence-corrected chi connectivity index (χ4v) is 0.548. The number of aromatic nitrogens is 2. The van der Waals surface area contributed by atoms with Crippen molar-refractivity contribution in [1.82, 2.24) is 9.97 Å². The lowest BCUT2D eigenvalue weighted by Gasteiger charge is -1.91. The summed E-state index contributed by atoms with van der Waals surface area (Å²) >= 11 is 0. The second-order valence-electron chi connectivity index (χ2n) is 1.72. The molecule has 0 aliphatic carbocycles. The Bertz CT molecular complexity index is 229. The van der Waals surface area contributed by atoms with Crippen molar-refractivity contribution < 1.29 is 4.79 Å². The van der Waals surface area contributed by atoms with Crippen molar-refractivity contribution in [3.63, 3.8) is 0 Å². The molecule has 2 N–H and O–H groups in total. The van der Waals surface area contributed by atoms with Crippen LogP contribution in [0.15, 0.2) is 18.6 Å². The molecule has 0 saturated carbocycles. The minimum Gasteiger partial charge on any atom is -0.324 e. The van der Waals surface area contributed by atoms with E-state index < -0.39 is 0 Å². The minimum atomic E-state index is -0.187. The Hall–Kier alpha value is -0.710. The smallest absolute Gasteiger partial charge is 0.196 e. The van der Waals surface area contributed by atoms with E-state index in [2.05, 4.69) is 9.97 Å². The van der Waals surface area contributed by atoms with Crippen LogP contribution in [0.5, 0.6) is 0 Å². The van der Waals surface area contributed by atoms with Gasteiger partial charge in [-0.05, 0) is 0 Å². The average Bonchev–Trinajstić information content (AvgIpc) is 2.05. The van der Waals surface area contributed by atoms with Gasteiger partial charge in [0.05, 0.1) is 12.7 Å². The standard InChI is InChI=1S/C6H7N3O.2ClH/c7-3-6(10)5-4-8-1-2-9-5;;/h1-2,4H,3,7H2;2*1H. The number of Topliss-reactive ketones (excluding diaryl/α,β-unsaturated/α-hetero) is 1. The van der Waals surface area contributed by atoms with Crippen molar-refractivity contribution in [3.05, 3.63) is 24.3 Å². The molecule has 0 saturated heterocycles. The van der Waals surface area contributed by atoms with E-state index in [9.17, 15) is 4.79 Å². The first-order valence-corrected chi connectivity index (χ1v) is 2.84. The van der Waals surface area contributed by atoms with Crippen LogP contribution < -0.4 is 5.73 Å². The number of nitrogens with two attached hydrogens (primary N) is 1. The third-order valence-corrected chi connectivity index (χ3v) is 1.03. The lowest BCUT2D eigenvalue weighted by molar-refractivity contribution is 0.0996. The van der Waals surface area contributed by atoms with Crippen LogP contribution in [0.4, 0.5) is 0 Å². The molecule has 0 bridgehead atoms. The quantitative estimate of drug-likeness (QED) is 0.720. The molecule has 0 aliphatic heterocycles. The molecule has 1 rings (SSSR count). The Kier molecular flexibility index (Phi) is 8.04. The zero-order valence-electron chi connectivity index (χ0n) is 6.14. The molecule has 12 heavy (non-hydrogen) atoms. The summed E-state index contributed by atoms with van der Waals surface area (Å²) in [5.41, 5.74) is 5.41. The van der Waals surface area contributed by atoms with Crippen LogP contribution in [0, 0.1) is 0 Å². The molecule has 68 valence electrons. The van der Waals surface area contributed by atoms with Gasteiger partial charge in [0.2, 0.25) is 0 Å². The number of hydrogen-bond acceptors (Lipinski definition) is 4. The fraction of sp³-hybridized carbons (Fsp3) is 0.167. The van der Waals surface area contributed by atoms with Crippen molar-refractivity contribution in [3.8, 4) is 0 Å². The van der Waals surface area contributed by atoms with E-state index in [1.807, 2.05) is 0 Å². The Balaban J connectivity index is 0. The van der Waals surface area contributed by atoms with Gasteiger partial charge in [0.15, 0.2) is 5.78 Å². The molecule has 0 aromatic carbocycles. The van der Waals surface area contributed by atoms with Gasteiger partial charge in [-0.2, -0.15) is 0 Å². The summed E-state index contributed by atoms with van der Waals surface area (Å²) in [6, 6.07) is 0. The number of halogens is 2. The maximum Gasteiger partial charge on any atom is 0.196 e. The number of carbonyl (C=O) groups excluding carboxylic acids is 1.